The van der Waals surface area contributed by atoms with Crippen LogP contribution in [0.4, 0.5) is 5.82 Å². The molecule has 1 aromatic rings. The number of hydrogen-bond donors (Lipinski definition) is 2. The van der Waals surface area contributed by atoms with Gasteiger partial charge in [0, 0.05) is 24.3 Å². The molecule has 0 aliphatic heterocycles. The first-order valence-corrected chi connectivity index (χ1v) is 5.65. The molecular weight excluding hydrogens is 200 g/mol. The Morgan fingerprint density at radius 3 is 2.62 bits per heavy atom. The number of nitrogens with two attached hydrogens (primary N) is 1. The second-order valence-corrected chi connectivity index (χ2v) is 5.45. The molecule has 1 atom stereocenters. The Hall–Kier alpha value is -1.16. The molecule has 0 bridgehead atoms. The van der Waals surface area contributed by atoms with Crippen molar-refractivity contribution >= 4 is 5.82 Å². The molecule has 0 fully saturated rings. The summed E-state index contributed by atoms with van der Waals surface area (Å²) in [5.74, 6) is 0.844. The summed E-state index contributed by atoms with van der Waals surface area (Å²) >= 11 is 0. The Bertz CT molecular complexity index is 330. The minimum Gasteiger partial charge on any atom is -0.368 e. The van der Waals surface area contributed by atoms with Gasteiger partial charge in [-0.25, -0.2) is 9.97 Å². The molecule has 0 radical (unpaired) electrons. The van der Waals surface area contributed by atoms with Crippen LogP contribution in [0.15, 0.2) is 12.4 Å². The lowest BCUT2D eigenvalue weighted by atomic mass is 9.88. The van der Waals surface area contributed by atoms with E-state index >= 15 is 0 Å². The number of anilines is 1. The number of nitrogens with one attached hydrogen (secondary N) is 1. The summed E-state index contributed by atoms with van der Waals surface area (Å²) in [4.78, 5) is 8.17. The molecule has 1 rings (SSSR count). The van der Waals surface area contributed by atoms with Crippen molar-refractivity contribution in [2.75, 3.05) is 11.9 Å². The van der Waals surface area contributed by atoms with Crippen LogP contribution < -0.4 is 11.1 Å². The van der Waals surface area contributed by atoms with Crippen molar-refractivity contribution in [2.24, 2.45) is 11.1 Å². The first kappa shape index (κ1) is 12.9. The third-order valence-corrected chi connectivity index (χ3v) is 2.22. The Labute approximate surface area is 97.7 Å². The molecule has 4 nitrogen and oxygen atoms in total. The molecule has 3 N–H and O–H groups in total. The standard InChI is InChI=1S/C12H22N4/c1-9-5-11(16-8-15-9)14-7-10(13)6-12(2,3)4/h5,8,10H,6-7,13H2,1-4H3,(H,14,15,16). The van der Waals surface area contributed by atoms with Crippen molar-refractivity contribution in [3.8, 4) is 0 Å². The van der Waals surface area contributed by atoms with E-state index in [0.717, 1.165) is 24.5 Å². The van der Waals surface area contributed by atoms with Gasteiger partial charge < -0.3 is 11.1 Å². The Kier molecular flexibility index (Phi) is 4.24. The Balaban J connectivity index is 2.40. The van der Waals surface area contributed by atoms with Crippen LogP contribution in [0.5, 0.6) is 0 Å². The summed E-state index contributed by atoms with van der Waals surface area (Å²) in [6.07, 6.45) is 2.55. The average Bonchev–Trinajstić information content (AvgIpc) is 2.12. The molecule has 1 aromatic heterocycles. The summed E-state index contributed by atoms with van der Waals surface area (Å²) in [7, 11) is 0. The SMILES string of the molecule is Cc1cc(NCC(N)CC(C)(C)C)ncn1. The maximum Gasteiger partial charge on any atom is 0.129 e. The minimum absolute atomic E-state index is 0.148. The largest absolute Gasteiger partial charge is 0.368 e. The van der Waals surface area contributed by atoms with Crippen molar-refractivity contribution in [1.29, 1.82) is 0 Å². The predicted molar refractivity (Wildman–Crippen MR) is 67.3 cm³/mol. The molecule has 0 aliphatic rings. The van der Waals surface area contributed by atoms with Gasteiger partial charge in [0.2, 0.25) is 0 Å². The lowest BCUT2D eigenvalue weighted by molar-refractivity contribution is 0.344. The number of nitrogens with zero attached hydrogens (tertiary/aromatic N) is 2. The van der Waals surface area contributed by atoms with Gasteiger partial charge in [-0.05, 0) is 18.8 Å². The zero-order valence-electron chi connectivity index (χ0n) is 10.6. The van der Waals surface area contributed by atoms with Crippen LogP contribution in [0, 0.1) is 12.3 Å². The van der Waals surface area contributed by atoms with Crippen LogP contribution in [-0.2, 0) is 0 Å². The third-order valence-electron chi connectivity index (χ3n) is 2.22. The highest BCUT2D eigenvalue weighted by atomic mass is 15.0. The van der Waals surface area contributed by atoms with Crippen LogP contribution in [-0.4, -0.2) is 22.6 Å². The highest BCUT2D eigenvalue weighted by molar-refractivity contribution is 5.34. The van der Waals surface area contributed by atoms with Crippen LogP contribution in [0.1, 0.15) is 32.9 Å². The van der Waals surface area contributed by atoms with E-state index in [9.17, 15) is 0 Å². The smallest absolute Gasteiger partial charge is 0.129 e. The van der Waals surface area contributed by atoms with Gasteiger partial charge in [0.15, 0.2) is 0 Å². The summed E-state index contributed by atoms with van der Waals surface area (Å²) in [6.45, 7) is 9.28. The number of hydrogen-bond acceptors (Lipinski definition) is 4. The number of rotatable bonds is 4. The fraction of sp³-hybridized carbons (Fsp3) is 0.667. The normalized spacial score (nSPS) is 13.6. The zero-order valence-corrected chi connectivity index (χ0v) is 10.6. The van der Waals surface area contributed by atoms with Gasteiger partial charge in [0.25, 0.3) is 0 Å². The van der Waals surface area contributed by atoms with Crippen LogP contribution >= 0.6 is 0 Å². The third kappa shape index (κ3) is 5.07. The van der Waals surface area contributed by atoms with E-state index in [2.05, 4.69) is 36.1 Å². The average molecular weight is 222 g/mol. The van der Waals surface area contributed by atoms with E-state index in [-0.39, 0.29) is 11.5 Å². The fourth-order valence-corrected chi connectivity index (χ4v) is 1.65. The summed E-state index contributed by atoms with van der Waals surface area (Å²) in [5, 5.41) is 3.23. The quantitative estimate of drug-likeness (QED) is 0.817. The minimum atomic E-state index is 0.148. The fourth-order valence-electron chi connectivity index (χ4n) is 1.65. The molecule has 0 saturated carbocycles. The highest BCUT2D eigenvalue weighted by Gasteiger charge is 2.15. The maximum atomic E-state index is 6.04. The van der Waals surface area contributed by atoms with Gasteiger partial charge in [0.05, 0.1) is 0 Å². The highest BCUT2D eigenvalue weighted by Crippen LogP contribution is 2.19. The van der Waals surface area contributed by atoms with E-state index < -0.39 is 0 Å². The molecule has 4 heteroatoms. The molecule has 0 amide bonds. The summed E-state index contributed by atoms with van der Waals surface area (Å²) < 4.78 is 0. The second kappa shape index (κ2) is 5.25. The van der Waals surface area contributed by atoms with Gasteiger partial charge in [-0.2, -0.15) is 0 Å². The van der Waals surface area contributed by atoms with Crippen LogP contribution in [0.2, 0.25) is 0 Å². The molecule has 0 spiro atoms. The van der Waals surface area contributed by atoms with Gasteiger partial charge in [-0.3, -0.25) is 0 Å². The first-order valence-electron chi connectivity index (χ1n) is 5.65. The van der Waals surface area contributed by atoms with E-state index in [0.29, 0.717) is 0 Å². The van der Waals surface area contributed by atoms with E-state index in [1.807, 2.05) is 13.0 Å². The molecular formula is C12H22N4. The molecule has 1 heterocycles. The Morgan fingerprint density at radius 2 is 2.06 bits per heavy atom. The Morgan fingerprint density at radius 1 is 1.38 bits per heavy atom. The predicted octanol–water partition coefficient (Wildman–Crippen LogP) is 1.96. The number of aromatic nitrogens is 2. The summed E-state index contributed by atoms with van der Waals surface area (Å²) in [5.41, 5.74) is 7.27. The van der Waals surface area contributed by atoms with Gasteiger partial charge in [-0.15, -0.1) is 0 Å². The van der Waals surface area contributed by atoms with Crippen molar-refractivity contribution in [2.45, 2.75) is 40.2 Å². The molecule has 0 aliphatic carbocycles. The molecule has 90 valence electrons. The van der Waals surface area contributed by atoms with Gasteiger partial charge in [-0.1, -0.05) is 20.8 Å². The molecule has 0 saturated heterocycles. The van der Waals surface area contributed by atoms with Crippen LogP contribution in [0.3, 0.4) is 0 Å². The lowest BCUT2D eigenvalue weighted by Gasteiger charge is -2.23. The second-order valence-electron chi connectivity index (χ2n) is 5.45. The summed E-state index contributed by atoms with van der Waals surface area (Å²) in [6, 6.07) is 2.07. The van der Waals surface area contributed by atoms with Crippen LogP contribution in [0.25, 0.3) is 0 Å². The van der Waals surface area contributed by atoms with Gasteiger partial charge >= 0.3 is 0 Å². The molecule has 0 aromatic carbocycles. The van der Waals surface area contributed by atoms with Crippen molar-refractivity contribution in [3.05, 3.63) is 18.1 Å². The first-order chi connectivity index (χ1) is 7.37. The molecule has 1 unspecified atom stereocenters. The van der Waals surface area contributed by atoms with Crippen molar-refractivity contribution in [1.82, 2.24) is 9.97 Å². The maximum absolute atomic E-state index is 6.04. The van der Waals surface area contributed by atoms with Crippen molar-refractivity contribution in [3.63, 3.8) is 0 Å². The van der Waals surface area contributed by atoms with Gasteiger partial charge in [0.1, 0.15) is 12.1 Å². The zero-order chi connectivity index (χ0) is 12.2. The number of aryl methyl sites for hydroxylation is 1. The van der Waals surface area contributed by atoms with E-state index in [1.165, 1.54) is 0 Å². The van der Waals surface area contributed by atoms with Crippen molar-refractivity contribution < 1.29 is 0 Å². The molecule has 16 heavy (non-hydrogen) atoms. The van der Waals surface area contributed by atoms with E-state index in [4.69, 9.17) is 5.73 Å². The lowest BCUT2D eigenvalue weighted by Crippen LogP contribution is -2.33. The van der Waals surface area contributed by atoms with E-state index in [1.54, 1.807) is 6.33 Å². The monoisotopic (exact) mass is 222 g/mol. The topological polar surface area (TPSA) is 63.8 Å².